The summed E-state index contributed by atoms with van der Waals surface area (Å²) in [6, 6.07) is 14.3. The van der Waals surface area contributed by atoms with Crippen LogP contribution >= 0.6 is 0 Å². The second kappa shape index (κ2) is 11.3. The van der Waals surface area contributed by atoms with Crippen LogP contribution in [0.1, 0.15) is 69.7 Å². The molecule has 2 aromatic rings. The molecule has 0 bridgehead atoms. The Balaban J connectivity index is 1.41. The number of pyridine rings is 1. The van der Waals surface area contributed by atoms with Crippen molar-refractivity contribution in [3.05, 3.63) is 54.2 Å². The van der Waals surface area contributed by atoms with Gasteiger partial charge in [0.05, 0.1) is 5.69 Å². The zero-order valence-corrected chi connectivity index (χ0v) is 21.6. The number of carbonyl (C=O) groups is 2. The summed E-state index contributed by atoms with van der Waals surface area (Å²) in [6.07, 6.45) is 7.92. The van der Waals surface area contributed by atoms with E-state index in [1.165, 1.54) is 0 Å². The summed E-state index contributed by atoms with van der Waals surface area (Å²) in [5.41, 5.74) is 2.25. The summed E-state index contributed by atoms with van der Waals surface area (Å²) >= 11 is 0. The van der Waals surface area contributed by atoms with E-state index >= 15 is 0 Å². The fourth-order valence-corrected chi connectivity index (χ4v) is 5.85. The topological polar surface area (TPSA) is 65.5 Å². The number of aromatic nitrogens is 1. The largest absolute Gasteiger partial charge is 0.340 e. The van der Waals surface area contributed by atoms with Gasteiger partial charge in [-0.25, -0.2) is 0 Å². The molecule has 2 heterocycles. The number of carbonyl (C=O) groups excluding carboxylic acids is 2. The molecular formula is C29H40N4O2. The van der Waals surface area contributed by atoms with Crippen LogP contribution < -0.4 is 5.32 Å². The summed E-state index contributed by atoms with van der Waals surface area (Å²) in [5.74, 6) is 0.390. The van der Waals surface area contributed by atoms with Crippen molar-refractivity contribution in [3.8, 4) is 11.3 Å². The van der Waals surface area contributed by atoms with E-state index < -0.39 is 6.04 Å². The van der Waals surface area contributed by atoms with E-state index in [2.05, 4.69) is 47.9 Å². The van der Waals surface area contributed by atoms with Crippen LogP contribution in [0.15, 0.2) is 48.7 Å². The minimum atomic E-state index is -0.450. The molecule has 4 rings (SSSR count). The highest BCUT2D eigenvalue weighted by Gasteiger charge is 2.42. The molecule has 0 unspecified atom stereocenters. The van der Waals surface area contributed by atoms with Crippen molar-refractivity contribution in [2.75, 3.05) is 13.6 Å². The van der Waals surface area contributed by atoms with E-state index in [4.69, 9.17) is 0 Å². The molecule has 4 atom stereocenters. The summed E-state index contributed by atoms with van der Waals surface area (Å²) in [5, 5.41) is 3.02. The fourth-order valence-electron chi connectivity index (χ4n) is 5.85. The van der Waals surface area contributed by atoms with Gasteiger partial charge in [-0.05, 0) is 71.0 Å². The standard InChI is InChI=1S/C29H40N4O2/c1-5-9-22-18-24(32(4)20(2)3)12-13-27(22)33-17-15-25(29(33)35)31-28(34)23-14-16-30-26(19-23)21-10-7-6-8-11-21/h6-8,10-11,14,16,19-20,22,24-25,27H,5,9,12-13,15,17-18H2,1-4H3,(H,31,34)/t22-,24+,25-,27-/m0/s1. The van der Waals surface area contributed by atoms with Gasteiger partial charge in [0.2, 0.25) is 5.91 Å². The van der Waals surface area contributed by atoms with Crippen LogP contribution in [0.5, 0.6) is 0 Å². The van der Waals surface area contributed by atoms with Gasteiger partial charge in [0.1, 0.15) is 6.04 Å². The number of hydrogen-bond acceptors (Lipinski definition) is 4. The number of nitrogens with zero attached hydrogens (tertiary/aromatic N) is 3. The maximum Gasteiger partial charge on any atom is 0.252 e. The zero-order valence-electron chi connectivity index (χ0n) is 21.6. The SMILES string of the molecule is CCC[C@H]1C[C@H](N(C)C(C)C)CC[C@@H]1N1CC[C@H](NC(=O)c2ccnc(-c3ccccc3)c2)C1=O. The van der Waals surface area contributed by atoms with Gasteiger partial charge in [-0.2, -0.15) is 0 Å². The minimum Gasteiger partial charge on any atom is -0.340 e. The number of nitrogens with one attached hydrogen (secondary N) is 1. The number of amides is 2. The first-order valence-electron chi connectivity index (χ1n) is 13.2. The molecular weight excluding hydrogens is 436 g/mol. The summed E-state index contributed by atoms with van der Waals surface area (Å²) in [7, 11) is 2.23. The van der Waals surface area contributed by atoms with Gasteiger partial charge < -0.3 is 15.1 Å². The summed E-state index contributed by atoms with van der Waals surface area (Å²) in [4.78, 5) is 35.5. The Bertz CT molecular complexity index is 1010. The minimum absolute atomic E-state index is 0.0810. The normalized spacial score (nSPS) is 24.9. The van der Waals surface area contributed by atoms with E-state index in [9.17, 15) is 9.59 Å². The third-order valence-corrected chi connectivity index (χ3v) is 8.00. The van der Waals surface area contributed by atoms with Gasteiger partial charge in [-0.3, -0.25) is 14.6 Å². The van der Waals surface area contributed by atoms with Crippen LogP contribution in [-0.4, -0.2) is 64.4 Å². The molecule has 6 nitrogen and oxygen atoms in total. The average Bonchev–Trinajstić information content (AvgIpc) is 3.23. The highest BCUT2D eigenvalue weighted by Crippen LogP contribution is 2.36. The molecule has 1 aliphatic heterocycles. The molecule has 188 valence electrons. The molecule has 1 aromatic carbocycles. The van der Waals surface area contributed by atoms with Crippen LogP contribution in [0, 0.1) is 5.92 Å². The smallest absolute Gasteiger partial charge is 0.252 e. The number of rotatable bonds is 8. The number of likely N-dealkylation sites (tertiary alicyclic amines) is 1. The summed E-state index contributed by atoms with van der Waals surface area (Å²) in [6.45, 7) is 7.47. The predicted octanol–water partition coefficient (Wildman–Crippen LogP) is 4.76. The Kier molecular flexibility index (Phi) is 8.22. The predicted molar refractivity (Wildman–Crippen MR) is 140 cm³/mol. The van der Waals surface area contributed by atoms with Crippen molar-refractivity contribution in [2.45, 2.75) is 83.5 Å². The van der Waals surface area contributed by atoms with Crippen LogP contribution in [0.4, 0.5) is 0 Å². The van der Waals surface area contributed by atoms with Crippen molar-refractivity contribution in [1.29, 1.82) is 0 Å². The number of benzene rings is 1. The highest BCUT2D eigenvalue weighted by atomic mass is 16.2. The molecule has 2 aliphatic rings. The van der Waals surface area contributed by atoms with E-state index in [0.717, 1.165) is 49.9 Å². The van der Waals surface area contributed by atoms with Crippen molar-refractivity contribution in [2.24, 2.45) is 5.92 Å². The Labute approximate surface area is 210 Å². The maximum absolute atomic E-state index is 13.4. The van der Waals surface area contributed by atoms with Crippen molar-refractivity contribution < 1.29 is 9.59 Å². The van der Waals surface area contributed by atoms with Crippen molar-refractivity contribution in [3.63, 3.8) is 0 Å². The van der Waals surface area contributed by atoms with Crippen molar-refractivity contribution >= 4 is 11.8 Å². The second-order valence-corrected chi connectivity index (χ2v) is 10.5. The highest BCUT2D eigenvalue weighted by molar-refractivity contribution is 5.98. The Hall–Kier alpha value is -2.73. The third kappa shape index (κ3) is 5.75. The molecule has 6 heteroatoms. The first-order valence-corrected chi connectivity index (χ1v) is 13.2. The van der Waals surface area contributed by atoms with Gasteiger partial charge in [0.15, 0.2) is 0 Å². The second-order valence-electron chi connectivity index (χ2n) is 10.5. The van der Waals surface area contributed by atoms with Crippen LogP contribution in [0.3, 0.4) is 0 Å². The first-order chi connectivity index (χ1) is 16.9. The van der Waals surface area contributed by atoms with Crippen LogP contribution in [0.25, 0.3) is 11.3 Å². The Morgan fingerprint density at radius 2 is 1.94 bits per heavy atom. The van der Waals surface area contributed by atoms with E-state index in [-0.39, 0.29) is 17.9 Å². The lowest BCUT2D eigenvalue weighted by atomic mass is 9.77. The molecule has 2 amide bonds. The molecule has 35 heavy (non-hydrogen) atoms. The van der Waals surface area contributed by atoms with Crippen molar-refractivity contribution in [1.82, 2.24) is 20.1 Å². The van der Waals surface area contributed by atoms with Gasteiger partial charge in [0.25, 0.3) is 5.91 Å². The average molecular weight is 477 g/mol. The molecule has 1 aliphatic carbocycles. The lowest BCUT2D eigenvalue weighted by molar-refractivity contribution is -0.133. The lowest BCUT2D eigenvalue weighted by Crippen LogP contribution is -2.51. The zero-order chi connectivity index (χ0) is 24.9. The number of hydrogen-bond donors (Lipinski definition) is 1. The third-order valence-electron chi connectivity index (χ3n) is 8.00. The molecule has 0 spiro atoms. The van der Waals surface area contributed by atoms with Gasteiger partial charge in [0, 0.05) is 42.0 Å². The maximum atomic E-state index is 13.4. The molecule has 0 radical (unpaired) electrons. The molecule has 1 saturated heterocycles. The molecule has 1 N–H and O–H groups in total. The Morgan fingerprint density at radius 3 is 2.66 bits per heavy atom. The monoisotopic (exact) mass is 476 g/mol. The van der Waals surface area contributed by atoms with Gasteiger partial charge >= 0.3 is 0 Å². The van der Waals surface area contributed by atoms with Crippen LogP contribution in [-0.2, 0) is 4.79 Å². The molecule has 2 fully saturated rings. The van der Waals surface area contributed by atoms with Gasteiger partial charge in [-0.15, -0.1) is 0 Å². The summed E-state index contributed by atoms with van der Waals surface area (Å²) < 4.78 is 0. The first kappa shape index (κ1) is 25.4. The molecule has 1 aromatic heterocycles. The molecule has 1 saturated carbocycles. The Morgan fingerprint density at radius 1 is 1.17 bits per heavy atom. The lowest BCUT2D eigenvalue weighted by Gasteiger charge is -2.44. The van der Waals surface area contributed by atoms with Crippen LogP contribution in [0.2, 0.25) is 0 Å². The van der Waals surface area contributed by atoms with Gasteiger partial charge in [-0.1, -0.05) is 43.7 Å². The fraction of sp³-hybridized carbons (Fsp3) is 0.552. The van der Waals surface area contributed by atoms with E-state index in [1.807, 2.05) is 30.3 Å². The quantitative estimate of drug-likeness (QED) is 0.597. The van der Waals surface area contributed by atoms with E-state index in [1.54, 1.807) is 18.3 Å². The van der Waals surface area contributed by atoms with E-state index in [0.29, 0.717) is 30.0 Å².